The van der Waals surface area contributed by atoms with Gasteiger partial charge in [0.2, 0.25) is 0 Å². The molecule has 0 aliphatic carbocycles. The third-order valence-electron chi connectivity index (χ3n) is 2.60. The van der Waals surface area contributed by atoms with Crippen LogP contribution >= 0.6 is 0 Å². The maximum Gasteiger partial charge on any atom is 0.309 e. The molecule has 0 heterocycles. The molecule has 0 aliphatic heterocycles. The molecule has 0 unspecified atom stereocenters. The molecule has 0 fully saturated rings. The van der Waals surface area contributed by atoms with Crippen LogP contribution in [0.4, 0.5) is 5.69 Å². The van der Waals surface area contributed by atoms with E-state index in [0.29, 0.717) is 6.54 Å². The van der Waals surface area contributed by atoms with Crippen molar-refractivity contribution in [1.82, 2.24) is 5.32 Å². The number of hydrogen-bond acceptors (Lipinski definition) is 3. The summed E-state index contributed by atoms with van der Waals surface area (Å²) in [4.78, 5) is 23.4. The Morgan fingerprint density at radius 3 is 2.33 bits per heavy atom. The van der Waals surface area contributed by atoms with Crippen LogP contribution in [0.2, 0.25) is 0 Å². The SMILES string of the molecule is CN(C)c1ccc(CCCNC(=O)C(N)=O)cc1. The molecule has 0 bridgehead atoms. The van der Waals surface area contributed by atoms with Gasteiger partial charge in [0.15, 0.2) is 0 Å². The first-order valence-electron chi connectivity index (χ1n) is 5.84. The number of aryl methyl sites for hydroxylation is 1. The average molecular weight is 249 g/mol. The molecule has 0 radical (unpaired) electrons. The lowest BCUT2D eigenvalue weighted by Crippen LogP contribution is -2.36. The van der Waals surface area contributed by atoms with E-state index in [9.17, 15) is 9.59 Å². The summed E-state index contributed by atoms with van der Waals surface area (Å²) in [5.41, 5.74) is 7.17. The maximum atomic E-state index is 10.9. The lowest BCUT2D eigenvalue weighted by molar-refractivity contribution is -0.137. The van der Waals surface area contributed by atoms with E-state index in [1.54, 1.807) is 0 Å². The molecule has 0 saturated carbocycles. The molecule has 0 spiro atoms. The monoisotopic (exact) mass is 249 g/mol. The topological polar surface area (TPSA) is 75.4 Å². The number of carbonyl (C=O) groups excluding carboxylic acids is 2. The molecule has 1 aromatic carbocycles. The zero-order chi connectivity index (χ0) is 13.5. The van der Waals surface area contributed by atoms with Crippen LogP contribution in [0.1, 0.15) is 12.0 Å². The molecule has 5 heteroatoms. The van der Waals surface area contributed by atoms with Crippen molar-refractivity contribution in [3.63, 3.8) is 0 Å². The molecule has 0 aromatic heterocycles. The van der Waals surface area contributed by atoms with E-state index in [1.807, 2.05) is 19.0 Å². The number of nitrogens with two attached hydrogens (primary N) is 1. The van der Waals surface area contributed by atoms with Crippen LogP contribution in [-0.2, 0) is 16.0 Å². The zero-order valence-corrected chi connectivity index (χ0v) is 10.8. The number of primary amides is 1. The van der Waals surface area contributed by atoms with Gasteiger partial charge < -0.3 is 16.0 Å². The van der Waals surface area contributed by atoms with E-state index in [-0.39, 0.29) is 0 Å². The fraction of sp³-hybridized carbons (Fsp3) is 0.385. The number of rotatable bonds is 5. The summed E-state index contributed by atoms with van der Waals surface area (Å²) in [7, 11) is 3.99. The van der Waals surface area contributed by atoms with Crippen molar-refractivity contribution in [1.29, 1.82) is 0 Å². The first-order chi connectivity index (χ1) is 8.50. The van der Waals surface area contributed by atoms with Crippen LogP contribution < -0.4 is 16.0 Å². The van der Waals surface area contributed by atoms with Crippen molar-refractivity contribution in [3.05, 3.63) is 29.8 Å². The summed E-state index contributed by atoms with van der Waals surface area (Å²) < 4.78 is 0. The highest BCUT2D eigenvalue weighted by molar-refractivity contribution is 6.34. The minimum absolute atomic E-state index is 0.456. The number of amides is 2. The summed E-state index contributed by atoms with van der Waals surface area (Å²) in [5.74, 6) is -1.66. The molecule has 2 amide bonds. The highest BCUT2D eigenvalue weighted by Crippen LogP contribution is 2.13. The van der Waals surface area contributed by atoms with Gasteiger partial charge in [-0.1, -0.05) is 12.1 Å². The molecule has 98 valence electrons. The van der Waals surface area contributed by atoms with Gasteiger partial charge in [0, 0.05) is 26.3 Å². The molecule has 0 saturated heterocycles. The largest absolute Gasteiger partial charge is 0.378 e. The van der Waals surface area contributed by atoms with Crippen molar-refractivity contribution in [2.75, 3.05) is 25.5 Å². The molecular weight excluding hydrogens is 230 g/mol. The summed E-state index contributed by atoms with van der Waals surface area (Å²) >= 11 is 0. The molecule has 3 N–H and O–H groups in total. The van der Waals surface area contributed by atoms with Gasteiger partial charge in [-0.2, -0.15) is 0 Å². The van der Waals surface area contributed by atoms with Crippen molar-refractivity contribution in [2.45, 2.75) is 12.8 Å². The maximum absolute atomic E-state index is 10.9. The lowest BCUT2D eigenvalue weighted by Gasteiger charge is -2.12. The quantitative estimate of drug-likeness (QED) is 0.581. The van der Waals surface area contributed by atoms with E-state index >= 15 is 0 Å². The van der Waals surface area contributed by atoms with Crippen LogP contribution in [0.15, 0.2) is 24.3 Å². The Bertz CT molecular complexity index is 413. The molecule has 1 rings (SSSR count). The van der Waals surface area contributed by atoms with E-state index in [0.717, 1.165) is 18.5 Å². The second-order valence-electron chi connectivity index (χ2n) is 4.28. The Labute approximate surface area is 107 Å². The Balaban J connectivity index is 2.31. The van der Waals surface area contributed by atoms with Gasteiger partial charge >= 0.3 is 11.8 Å². The predicted octanol–water partition coefficient (Wildman–Crippen LogP) is 0.287. The molecule has 18 heavy (non-hydrogen) atoms. The van der Waals surface area contributed by atoms with Gasteiger partial charge in [-0.05, 0) is 30.5 Å². The number of nitrogens with zero attached hydrogens (tertiary/aromatic N) is 1. The number of carbonyl (C=O) groups is 2. The van der Waals surface area contributed by atoms with Crippen molar-refractivity contribution in [3.8, 4) is 0 Å². The lowest BCUT2D eigenvalue weighted by atomic mass is 10.1. The smallest absolute Gasteiger partial charge is 0.309 e. The van der Waals surface area contributed by atoms with Crippen LogP contribution in [0.25, 0.3) is 0 Å². The Morgan fingerprint density at radius 2 is 1.83 bits per heavy atom. The summed E-state index contributed by atoms with van der Waals surface area (Å²) in [5, 5.41) is 2.46. The molecule has 0 aliphatic rings. The van der Waals surface area contributed by atoms with Crippen LogP contribution in [0, 0.1) is 0 Å². The molecule has 0 atom stereocenters. The van der Waals surface area contributed by atoms with Crippen molar-refractivity contribution in [2.24, 2.45) is 5.73 Å². The first-order valence-corrected chi connectivity index (χ1v) is 5.84. The van der Waals surface area contributed by atoms with Gasteiger partial charge in [0.05, 0.1) is 0 Å². The standard InChI is InChI=1S/C13H19N3O2/c1-16(2)11-7-5-10(6-8-11)4-3-9-15-13(18)12(14)17/h5-8H,3-4,9H2,1-2H3,(H2,14,17)(H,15,18). The molecular formula is C13H19N3O2. The van der Waals surface area contributed by atoms with Gasteiger partial charge in [0.25, 0.3) is 0 Å². The highest BCUT2D eigenvalue weighted by Gasteiger charge is 2.06. The van der Waals surface area contributed by atoms with Gasteiger partial charge in [-0.25, -0.2) is 0 Å². The molecule has 1 aromatic rings. The minimum Gasteiger partial charge on any atom is -0.378 e. The first kappa shape index (κ1) is 14.0. The number of nitrogens with one attached hydrogen (secondary N) is 1. The number of hydrogen-bond donors (Lipinski definition) is 2. The van der Waals surface area contributed by atoms with Crippen LogP contribution in [-0.4, -0.2) is 32.5 Å². The van der Waals surface area contributed by atoms with Crippen LogP contribution in [0.3, 0.4) is 0 Å². The van der Waals surface area contributed by atoms with E-state index in [1.165, 1.54) is 5.56 Å². The van der Waals surface area contributed by atoms with Crippen LogP contribution in [0.5, 0.6) is 0 Å². The third-order valence-corrected chi connectivity index (χ3v) is 2.60. The number of benzene rings is 1. The van der Waals surface area contributed by atoms with E-state index in [4.69, 9.17) is 5.73 Å². The highest BCUT2D eigenvalue weighted by atomic mass is 16.2. The Hall–Kier alpha value is -2.04. The second-order valence-corrected chi connectivity index (χ2v) is 4.28. The predicted molar refractivity (Wildman–Crippen MR) is 71.3 cm³/mol. The van der Waals surface area contributed by atoms with Gasteiger partial charge in [0.1, 0.15) is 0 Å². The van der Waals surface area contributed by atoms with Crippen molar-refractivity contribution >= 4 is 17.5 Å². The molecule has 5 nitrogen and oxygen atoms in total. The summed E-state index contributed by atoms with van der Waals surface area (Å²) in [6, 6.07) is 8.23. The zero-order valence-electron chi connectivity index (χ0n) is 10.8. The van der Waals surface area contributed by atoms with Gasteiger partial charge in [-0.3, -0.25) is 9.59 Å². The fourth-order valence-corrected chi connectivity index (χ4v) is 1.54. The Kier molecular flexibility index (Phi) is 5.17. The third kappa shape index (κ3) is 4.45. The minimum atomic E-state index is -0.940. The van der Waals surface area contributed by atoms with E-state index < -0.39 is 11.8 Å². The summed E-state index contributed by atoms with van der Waals surface area (Å²) in [6.07, 6.45) is 1.63. The normalized spacial score (nSPS) is 9.89. The van der Waals surface area contributed by atoms with Gasteiger partial charge in [-0.15, -0.1) is 0 Å². The fourth-order valence-electron chi connectivity index (χ4n) is 1.54. The number of anilines is 1. The Morgan fingerprint density at radius 1 is 1.22 bits per heavy atom. The summed E-state index contributed by atoms with van der Waals surface area (Å²) in [6.45, 7) is 0.456. The second kappa shape index (κ2) is 6.64. The van der Waals surface area contributed by atoms with Crippen molar-refractivity contribution < 1.29 is 9.59 Å². The average Bonchev–Trinajstić information content (AvgIpc) is 2.34. The van der Waals surface area contributed by atoms with E-state index in [2.05, 4.69) is 29.6 Å².